The summed E-state index contributed by atoms with van der Waals surface area (Å²) in [6, 6.07) is 13.9. The largest absolute Gasteiger partial charge is 0.490 e. The van der Waals surface area contributed by atoms with E-state index in [9.17, 15) is 13.2 Å². The summed E-state index contributed by atoms with van der Waals surface area (Å²) in [4.78, 5) is 15.4. The Morgan fingerprint density at radius 1 is 1.03 bits per heavy atom. The number of rotatable bonds is 0. The normalized spacial score (nSPS) is 28.8. The fourth-order valence-corrected chi connectivity index (χ4v) is 7.39. The van der Waals surface area contributed by atoms with Crippen LogP contribution in [0.5, 0.6) is 5.75 Å². The molecule has 194 valence electrons. The van der Waals surface area contributed by atoms with Crippen molar-refractivity contribution in [3.8, 4) is 5.75 Å². The molecule has 1 saturated carbocycles. The lowest BCUT2D eigenvalue weighted by Gasteiger charge is -2.43. The van der Waals surface area contributed by atoms with Crippen molar-refractivity contribution in [3.05, 3.63) is 77.4 Å². The summed E-state index contributed by atoms with van der Waals surface area (Å²) >= 11 is 0. The zero-order valence-corrected chi connectivity index (χ0v) is 21.9. The van der Waals surface area contributed by atoms with Gasteiger partial charge in [0.15, 0.2) is 0 Å². The second kappa shape index (κ2) is 9.67. The van der Waals surface area contributed by atoms with E-state index in [2.05, 4.69) is 58.2 Å². The number of hydrogen-bond donors (Lipinski definition) is 1. The fourth-order valence-electron chi connectivity index (χ4n) is 6.34. The smallest absolute Gasteiger partial charge is 0.264 e. The summed E-state index contributed by atoms with van der Waals surface area (Å²) in [7, 11) is -3.70. The molecule has 2 aromatic rings. The van der Waals surface area contributed by atoms with E-state index in [-0.39, 0.29) is 11.2 Å². The Hall–Kier alpha value is -3.06. The molecule has 2 heterocycles. The first-order valence-electron chi connectivity index (χ1n) is 13.4. The first-order valence-corrected chi connectivity index (χ1v) is 15.1. The average Bonchev–Trinajstić information content (AvgIpc) is 3.02. The van der Waals surface area contributed by atoms with E-state index < -0.39 is 15.9 Å². The quantitative estimate of drug-likeness (QED) is 0.493. The molecule has 3 atom stereocenters. The lowest BCUT2D eigenvalue weighted by molar-refractivity contribution is 0.0981. The Labute approximate surface area is 219 Å². The van der Waals surface area contributed by atoms with Crippen LogP contribution in [-0.2, 0) is 15.4 Å². The predicted octanol–water partition coefficient (Wildman–Crippen LogP) is 5.07. The molecule has 2 bridgehead atoms. The number of benzene rings is 2. The maximum atomic E-state index is 13.0. The molecule has 6 rings (SSSR count). The van der Waals surface area contributed by atoms with Gasteiger partial charge < -0.3 is 9.64 Å². The lowest BCUT2D eigenvalue weighted by atomic mass is 9.70. The molecule has 4 aliphatic rings. The van der Waals surface area contributed by atoms with Gasteiger partial charge in [-0.05, 0) is 79.7 Å². The van der Waals surface area contributed by atoms with Crippen LogP contribution in [-0.4, -0.2) is 39.8 Å². The summed E-state index contributed by atoms with van der Waals surface area (Å²) < 4.78 is 33.8. The van der Waals surface area contributed by atoms with Crippen LogP contribution in [0.2, 0.25) is 0 Å². The number of ether oxygens (including phenoxy) is 1. The van der Waals surface area contributed by atoms with Crippen LogP contribution in [0.25, 0.3) is 6.08 Å². The number of anilines is 1. The average molecular weight is 519 g/mol. The molecule has 37 heavy (non-hydrogen) atoms. The van der Waals surface area contributed by atoms with E-state index in [1.165, 1.54) is 24.0 Å². The van der Waals surface area contributed by atoms with E-state index in [0.717, 1.165) is 37.4 Å². The van der Waals surface area contributed by atoms with Gasteiger partial charge in [-0.25, -0.2) is 13.1 Å². The molecular weight excluding hydrogens is 484 g/mol. The standard InChI is InChI=1S/C30H34N2O4S/c33-29-24-14-15-28-27(18-24)32(20-30(21-36-28)16-7-10-23-9-4-5-11-26(23)30)19-25-13-12-22(25)8-3-1-2-6-17-37(34,35)31-29/h1,3-5,7,9-11,14-15,18,22,25H,2,6,8,12-13,16-17,19-21H2,(H,31,33). The van der Waals surface area contributed by atoms with Gasteiger partial charge in [0.05, 0.1) is 23.5 Å². The van der Waals surface area contributed by atoms with Crippen molar-refractivity contribution < 1.29 is 17.9 Å². The zero-order valence-electron chi connectivity index (χ0n) is 21.1. The van der Waals surface area contributed by atoms with E-state index in [0.29, 0.717) is 36.8 Å². The third-order valence-electron chi connectivity index (χ3n) is 8.56. The summed E-state index contributed by atoms with van der Waals surface area (Å²) in [5, 5.41) is 0. The highest BCUT2D eigenvalue weighted by atomic mass is 32.2. The predicted molar refractivity (Wildman–Crippen MR) is 146 cm³/mol. The third-order valence-corrected chi connectivity index (χ3v) is 9.89. The molecule has 1 amide bonds. The van der Waals surface area contributed by atoms with Crippen molar-refractivity contribution in [1.82, 2.24) is 4.72 Å². The molecular formula is C30H34N2O4S. The topological polar surface area (TPSA) is 75.7 Å². The highest BCUT2D eigenvalue weighted by Gasteiger charge is 2.42. The van der Waals surface area contributed by atoms with Crippen LogP contribution in [0.4, 0.5) is 5.69 Å². The third kappa shape index (κ3) is 4.81. The van der Waals surface area contributed by atoms with E-state index in [4.69, 9.17) is 4.74 Å². The molecule has 1 fully saturated rings. The van der Waals surface area contributed by atoms with Gasteiger partial charge in [0.1, 0.15) is 5.75 Å². The van der Waals surface area contributed by atoms with E-state index in [1.807, 2.05) is 12.1 Å². The molecule has 2 aliphatic carbocycles. The fraction of sp³-hybridized carbons (Fsp3) is 0.433. The molecule has 7 heteroatoms. The number of amides is 1. The molecule has 0 radical (unpaired) electrons. The van der Waals surface area contributed by atoms with Gasteiger partial charge in [-0.1, -0.05) is 48.6 Å². The van der Waals surface area contributed by atoms with Crippen LogP contribution >= 0.6 is 0 Å². The van der Waals surface area contributed by atoms with Crippen LogP contribution in [0.3, 0.4) is 0 Å². The Morgan fingerprint density at radius 3 is 2.76 bits per heavy atom. The first-order chi connectivity index (χ1) is 17.9. The van der Waals surface area contributed by atoms with Crippen LogP contribution < -0.4 is 14.4 Å². The van der Waals surface area contributed by atoms with Gasteiger partial charge in [-0.2, -0.15) is 0 Å². The van der Waals surface area contributed by atoms with Gasteiger partial charge in [-0.3, -0.25) is 4.79 Å². The highest BCUT2D eigenvalue weighted by molar-refractivity contribution is 7.90. The van der Waals surface area contributed by atoms with Crippen molar-refractivity contribution >= 4 is 27.7 Å². The van der Waals surface area contributed by atoms with Crippen molar-refractivity contribution in [2.75, 3.05) is 30.3 Å². The molecule has 0 aromatic heterocycles. The second-order valence-corrected chi connectivity index (χ2v) is 12.9. The number of fused-ring (bicyclic) bond motifs is 4. The van der Waals surface area contributed by atoms with E-state index in [1.54, 1.807) is 6.07 Å². The Morgan fingerprint density at radius 2 is 1.89 bits per heavy atom. The Bertz CT molecular complexity index is 1370. The number of allylic oxidation sites excluding steroid dienone is 3. The van der Waals surface area contributed by atoms with Gasteiger partial charge in [-0.15, -0.1) is 0 Å². The van der Waals surface area contributed by atoms with Crippen LogP contribution in [0.1, 0.15) is 60.0 Å². The summed E-state index contributed by atoms with van der Waals surface area (Å²) in [6.45, 7) is 2.23. The summed E-state index contributed by atoms with van der Waals surface area (Å²) in [6.07, 6.45) is 14.3. The molecule has 1 N–H and O–H groups in total. The number of hydrogen-bond acceptors (Lipinski definition) is 5. The maximum Gasteiger partial charge on any atom is 0.264 e. The summed E-state index contributed by atoms with van der Waals surface area (Å²) in [5.74, 6) is 1.30. The number of carbonyl (C=O) groups excluding carboxylic acids is 1. The number of carbonyl (C=O) groups is 1. The molecule has 6 nitrogen and oxygen atoms in total. The van der Waals surface area contributed by atoms with Gasteiger partial charge in [0, 0.05) is 18.7 Å². The second-order valence-electron chi connectivity index (χ2n) is 11.0. The van der Waals surface area contributed by atoms with Crippen LogP contribution in [0.15, 0.2) is 60.7 Å². The van der Waals surface area contributed by atoms with Gasteiger partial charge in [0.25, 0.3) is 5.91 Å². The highest BCUT2D eigenvalue weighted by Crippen LogP contribution is 2.45. The summed E-state index contributed by atoms with van der Waals surface area (Å²) in [5.41, 5.74) is 3.55. The van der Waals surface area contributed by atoms with Gasteiger partial charge >= 0.3 is 0 Å². The van der Waals surface area contributed by atoms with Crippen molar-refractivity contribution in [3.63, 3.8) is 0 Å². The number of nitrogens with zero attached hydrogens (tertiary/aromatic N) is 1. The van der Waals surface area contributed by atoms with Crippen molar-refractivity contribution in [2.24, 2.45) is 11.8 Å². The van der Waals surface area contributed by atoms with Crippen molar-refractivity contribution in [1.29, 1.82) is 0 Å². The number of sulfonamides is 1. The first kappa shape index (κ1) is 24.3. The molecule has 2 aromatic carbocycles. The van der Waals surface area contributed by atoms with Gasteiger partial charge in [0.2, 0.25) is 10.0 Å². The lowest BCUT2D eigenvalue weighted by Crippen LogP contribution is -2.47. The molecule has 0 saturated heterocycles. The van der Waals surface area contributed by atoms with Crippen molar-refractivity contribution in [2.45, 2.75) is 43.9 Å². The van der Waals surface area contributed by atoms with E-state index >= 15 is 0 Å². The minimum atomic E-state index is -3.70. The Kier molecular flexibility index (Phi) is 6.35. The maximum absolute atomic E-state index is 13.0. The minimum absolute atomic E-state index is 0.0647. The molecule has 1 spiro atoms. The SMILES string of the molecule is O=C1NS(=O)(=O)CCCC=CCC2CCC2CN2CC3(CC=Cc4ccccc43)COc3ccc1cc32. The van der Waals surface area contributed by atoms with Crippen LogP contribution in [0, 0.1) is 11.8 Å². The monoisotopic (exact) mass is 518 g/mol. The number of nitrogens with one attached hydrogen (secondary N) is 1. The zero-order chi connectivity index (χ0) is 25.5. The Balaban J connectivity index is 1.40. The molecule has 3 unspecified atom stereocenters. The molecule has 2 aliphatic heterocycles. The minimum Gasteiger partial charge on any atom is -0.490 e.